The van der Waals surface area contributed by atoms with E-state index >= 15 is 0 Å². The van der Waals surface area contributed by atoms with E-state index in [1.54, 1.807) is 0 Å². The van der Waals surface area contributed by atoms with Crippen LogP contribution in [0.5, 0.6) is 0 Å². The average Bonchev–Trinajstić information content (AvgIpc) is 3.03. The summed E-state index contributed by atoms with van der Waals surface area (Å²) < 4.78 is 2.00. The van der Waals surface area contributed by atoms with Gasteiger partial charge in [-0.3, -0.25) is 4.40 Å². The van der Waals surface area contributed by atoms with Crippen LogP contribution in [0.3, 0.4) is 0 Å². The second kappa shape index (κ2) is 4.03. The van der Waals surface area contributed by atoms with Gasteiger partial charge in [-0.2, -0.15) is 0 Å². The average molecular weight is 265 g/mol. The molecule has 5 nitrogen and oxygen atoms in total. The zero-order valence-electron chi connectivity index (χ0n) is 11.5. The molecule has 0 atom stereocenters. The predicted octanol–water partition coefficient (Wildman–Crippen LogP) is 2.38. The summed E-state index contributed by atoms with van der Waals surface area (Å²) in [5.41, 5.74) is 5.45. The van der Waals surface area contributed by atoms with Gasteiger partial charge in [0.05, 0.1) is 0 Å². The number of nitrogens with zero attached hydrogens (tertiary/aromatic N) is 4. The highest BCUT2D eigenvalue weighted by Gasteiger charge is 2.15. The first-order valence-electron chi connectivity index (χ1n) is 6.79. The zero-order chi connectivity index (χ0) is 13.7. The lowest BCUT2D eigenvalue weighted by atomic mass is 10.1. The molecule has 0 fully saturated rings. The molecule has 0 amide bonds. The van der Waals surface area contributed by atoms with Gasteiger partial charge in [0.25, 0.3) is 0 Å². The SMILES string of the molecule is Cc1cc2nnc(-c3ccc4c(c3)NCC4)n2c(C)n1. The maximum absolute atomic E-state index is 4.50. The van der Waals surface area contributed by atoms with Crippen molar-refractivity contribution in [2.45, 2.75) is 20.3 Å². The molecule has 20 heavy (non-hydrogen) atoms. The maximum atomic E-state index is 4.50. The molecule has 0 saturated carbocycles. The summed E-state index contributed by atoms with van der Waals surface area (Å²) in [6, 6.07) is 8.39. The molecule has 3 aromatic rings. The molecule has 0 saturated heterocycles. The number of benzene rings is 1. The van der Waals surface area contributed by atoms with Crippen LogP contribution in [-0.4, -0.2) is 26.1 Å². The number of anilines is 1. The summed E-state index contributed by atoms with van der Waals surface area (Å²) >= 11 is 0. The smallest absolute Gasteiger partial charge is 0.169 e. The van der Waals surface area contributed by atoms with Gasteiger partial charge in [0.1, 0.15) is 5.82 Å². The third-order valence-corrected chi connectivity index (χ3v) is 3.77. The van der Waals surface area contributed by atoms with E-state index in [-0.39, 0.29) is 0 Å². The fourth-order valence-electron chi connectivity index (χ4n) is 2.85. The number of rotatable bonds is 1. The van der Waals surface area contributed by atoms with Gasteiger partial charge in [-0.05, 0) is 31.9 Å². The van der Waals surface area contributed by atoms with Crippen LogP contribution in [-0.2, 0) is 6.42 Å². The van der Waals surface area contributed by atoms with Gasteiger partial charge in [0, 0.05) is 29.6 Å². The van der Waals surface area contributed by atoms with E-state index in [4.69, 9.17) is 0 Å². The summed E-state index contributed by atoms with van der Waals surface area (Å²) in [7, 11) is 0. The molecular weight excluding hydrogens is 250 g/mol. The molecule has 0 aliphatic carbocycles. The summed E-state index contributed by atoms with van der Waals surface area (Å²) in [5.74, 6) is 1.76. The van der Waals surface area contributed by atoms with E-state index in [0.29, 0.717) is 0 Å². The van der Waals surface area contributed by atoms with Crippen molar-refractivity contribution < 1.29 is 0 Å². The lowest BCUT2D eigenvalue weighted by molar-refractivity contribution is 0.962. The molecule has 0 bridgehead atoms. The Morgan fingerprint density at radius 3 is 2.95 bits per heavy atom. The van der Waals surface area contributed by atoms with E-state index in [1.165, 1.54) is 11.3 Å². The number of fused-ring (bicyclic) bond motifs is 2. The highest BCUT2D eigenvalue weighted by atomic mass is 15.3. The van der Waals surface area contributed by atoms with Crippen LogP contribution in [0.4, 0.5) is 5.69 Å². The van der Waals surface area contributed by atoms with Gasteiger partial charge in [0.15, 0.2) is 11.5 Å². The van der Waals surface area contributed by atoms with Crippen molar-refractivity contribution >= 4 is 11.3 Å². The zero-order valence-corrected chi connectivity index (χ0v) is 11.5. The van der Waals surface area contributed by atoms with Crippen LogP contribution < -0.4 is 5.32 Å². The Kier molecular flexibility index (Phi) is 2.30. The van der Waals surface area contributed by atoms with E-state index < -0.39 is 0 Å². The maximum Gasteiger partial charge on any atom is 0.169 e. The lowest BCUT2D eigenvalue weighted by Gasteiger charge is -2.06. The molecule has 1 aromatic carbocycles. The highest BCUT2D eigenvalue weighted by Crippen LogP contribution is 2.28. The topological polar surface area (TPSA) is 55.1 Å². The molecule has 1 aliphatic heterocycles. The monoisotopic (exact) mass is 265 g/mol. The van der Waals surface area contributed by atoms with Gasteiger partial charge in [-0.25, -0.2) is 4.98 Å². The van der Waals surface area contributed by atoms with Gasteiger partial charge in [-0.15, -0.1) is 10.2 Å². The van der Waals surface area contributed by atoms with Crippen molar-refractivity contribution in [3.63, 3.8) is 0 Å². The highest BCUT2D eigenvalue weighted by molar-refractivity contribution is 5.69. The van der Waals surface area contributed by atoms with Crippen molar-refractivity contribution in [3.05, 3.63) is 41.3 Å². The first-order chi connectivity index (χ1) is 9.72. The minimum Gasteiger partial charge on any atom is -0.384 e. The lowest BCUT2D eigenvalue weighted by Crippen LogP contribution is -1.99. The number of hydrogen-bond acceptors (Lipinski definition) is 4. The Morgan fingerprint density at radius 1 is 1.15 bits per heavy atom. The number of aromatic nitrogens is 4. The van der Waals surface area contributed by atoms with Crippen LogP contribution in [0.15, 0.2) is 24.3 Å². The molecule has 5 heteroatoms. The van der Waals surface area contributed by atoms with Crippen LogP contribution in [0.25, 0.3) is 17.0 Å². The Labute approximate surface area is 116 Å². The first-order valence-corrected chi connectivity index (χ1v) is 6.79. The van der Waals surface area contributed by atoms with Crippen LogP contribution in [0, 0.1) is 13.8 Å². The van der Waals surface area contributed by atoms with Crippen LogP contribution >= 0.6 is 0 Å². The second-order valence-corrected chi connectivity index (χ2v) is 5.21. The number of nitrogens with one attached hydrogen (secondary N) is 1. The largest absolute Gasteiger partial charge is 0.384 e. The van der Waals surface area contributed by atoms with Gasteiger partial charge >= 0.3 is 0 Å². The van der Waals surface area contributed by atoms with Gasteiger partial charge < -0.3 is 5.32 Å². The van der Waals surface area contributed by atoms with E-state index in [0.717, 1.165) is 41.5 Å². The summed E-state index contributed by atoms with van der Waals surface area (Å²) in [5, 5.41) is 12.0. The molecule has 3 heterocycles. The molecule has 1 N–H and O–H groups in total. The quantitative estimate of drug-likeness (QED) is 0.734. The summed E-state index contributed by atoms with van der Waals surface area (Å²) in [6.45, 7) is 4.97. The third kappa shape index (κ3) is 1.59. The minimum absolute atomic E-state index is 0.846. The fraction of sp³-hybridized carbons (Fsp3) is 0.267. The fourth-order valence-corrected chi connectivity index (χ4v) is 2.85. The van der Waals surface area contributed by atoms with Crippen molar-refractivity contribution in [1.29, 1.82) is 0 Å². The Balaban J connectivity index is 1.94. The van der Waals surface area contributed by atoms with E-state index in [1.807, 2.05) is 24.3 Å². The van der Waals surface area contributed by atoms with Crippen molar-refractivity contribution in [2.75, 3.05) is 11.9 Å². The molecule has 0 radical (unpaired) electrons. The van der Waals surface area contributed by atoms with Crippen molar-refractivity contribution in [3.8, 4) is 11.4 Å². The molecule has 100 valence electrons. The second-order valence-electron chi connectivity index (χ2n) is 5.21. The molecule has 4 rings (SSSR count). The Morgan fingerprint density at radius 2 is 2.05 bits per heavy atom. The number of hydrogen-bond donors (Lipinski definition) is 1. The van der Waals surface area contributed by atoms with Gasteiger partial charge in [-0.1, -0.05) is 12.1 Å². The van der Waals surface area contributed by atoms with Crippen LogP contribution in [0.2, 0.25) is 0 Å². The summed E-state index contributed by atoms with van der Waals surface area (Å²) in [6.07, 6.45) is 1.09. The predicted molar refractivity (Wildman–Crippen MR) is 77.9 cm³/mol. The Hall–Kier alpha value is -2.43. The molecule has 0 unspecified atom stereocenters. The number of aryl methyl sites for hydroxylation is 2. The molecule has 1 aliphatic rings. The minimum atomic E-state index is 0.846. The Bertz CT molecular complexity index is 818. The molecule has 0 spiro atoms. The molecular formula is C15H15N5. The molecule has 2 aromatic heterocycles. The van der Waals surface area contributed by atoms with Gasteiger partial charge in [0.2, 0.25) is 0 Å². The normalized spacial score (nSPS) is 13.5. The van der Waals surface area contributed by atoms with E-state index in [2.05, 4.69) is 38.7 Å². The van der Waals surface area contributed by atoms with Crippen LogP contribution in [0.1, 0.15) is 17.1 Å². The van der Waals surface area contributed by atoms with E-state index in [9.17, 15) is 0 Å². The van der Waals surface area contributed by atoms with Crippen molar-refractivity contribution in [2.24, 2.45) is 0 Å². The standard InChI is InChI=1S/C15H15N5/c1-9-7-14-18-19-15(20(14)10(2)17-9)12-4-3-11-5-6-16-13(11)8-12/h3-4,7-8,16H,5-6H2,1-2H3. The first kappa shape index (κ1) is 11.4. The third-order valence-electron chi connectivity index (χ3n) is 3.77. The summed E-state index contributed by atoms with van der Waals surface area (Å²) in [4.78, 5) is 4.50. The van der Waals surface area contributed by atoms with Crippen molar-refractivity contribution in [1.82, 2.24) is 19.6 Å².